The first-order valence-electron chi connectivity index (χ1n) is 11.6. The molecular formula is C26H29F5O. The molecule has 0 amide bonds. The van der Waals surface area contributed by atoms with Crippen LogP contribution in [0.1, 0.15) is 69.8 Å². The van der Waals surface area contributed by atoms with Gasteiger partial charge < -0.3 is 4.74 Å². The van der Waals surface area contributed by atoms with E-state index in [0.717, 1.165) is 43.2 Å². The number of fused-ring (bicyclic) bond motifs is 1. The molecule has 4 atom stereocenters. The molecular weight excluding hydrogens is 423 g/mol. The predicted molar refractivity (Wildman–Crippen MR) is 114 cm³/mol. The van der Waals surface area contributed by atoms with Crippen LogP contribution in [0, 0.1) is 29.4 Å². The number of halogens is 5. The molecule has 32 heavy (non-hydrogen) atoms. The van der Waals surface area contributed by atoms with E-state index < -0.39 is 23.7 Å². The average Bonchev–Trinajstić information content (AvgIpc) is 2.73. The van der Waals surface area contributed by atoms with Gasteiger partial charge in [0, 0.05) is 0 Å². The quantitative estimate of drug-likeness (QED) is 0.413. The molecule has 2 fully saturated rings. The van der Waals surface area contributed by atoms with E-state index in [2.05, 4.69) is 11.7 Å². The second kappa shape index (κ2) is 9.40. The summed E-state index contributed by atoms with van der Waals surface area (Å²) in [5.74, 6) is 0.567. The molecule has 4 rings (SSSR count). The minimum atomic E-state index is -4.81. The Balaban J connectivity index is 1.48. The van der Waals surface area contributed by atoms with Crippen LogP contribution < -0.4 is 4.74 Å². The van der Waals surface area contributed by atoms with Gasteiger partial charge in [0.05, 0.1) is 5.56 Å². The van der Waals surface area contributed by atoms with Crippen molar-refractivity contribution in [2.75, 3.05) is 0 Å². The van der Waals surface area contributed by atoms with Crippen molar-refractivity contribution in [2.45, 2.75) is 70.6 Å². The number of alkyl halides is 3. The highest BCUT2D eigenvalue weighted by atomic mass is 19.4. The highest BCUT2D eigenvalue weighted by Gasteiger charge is 2.36. The first-order valence-corrected chi connectivity index (χ1v) is 11.6. The van der Waals surface area contributed by atoms with E-state index in [0.29, 0.717) is 11.5 Å². The molecule has 6 heteroatoms. The summed E-state index contributed by atoms with van der Waals surface area (Å²) in [6, 6.07) is 7.42. The van der Waals surface area contributed by atoms with E-state index in [1.807, 2.05) is 0 Å². The van der Waals surface area contributed by atoms with Gasteiger partial charge in [0.1, 0.15) is 17.4 Å². The summed E-state index contributed by atoms with van der Waals surface area (Å²) in [7, 11) is 0. The third-order valence-electron chi connectivity index (χ3n) is 7.33. The van der Waals surface area contributed by atoms with Crippen molar-refractivity contribution < 1.29 is 26.7 Å². The Kier molecular flexibility index (Phi) is 6.78. The van der Waals surface area contributed by atoms with E-state index in [4.69, 9.17) is 0 Å². The van der Waals surface area contributed by atoms with E-state index in [1.165, 1.54) is 56.4 Å². The van der Waals surface area contributed by atoms with Crippen molar-refractivity contribution >= 4 is 0 Å². The van der Waals surface area contributed by atoms with Crippen LogP contribution in [-0.4, -0.2) is 6.36 Å². The van der Waals surface area contributed by atoms with Crippen molar-refractivity contribution in [1.29, 1.82) is 0 Å². The molecule has 0 saturated heterocycles. The van der Waals surface area contributed by atoms with E-state index in [-0.39, 0.29) is 17.0 Å². The number of ether oxygens (including phenoxy) is 1. The lowest BCUT2D eigenvalue weighted by atomic mass is 9.63. The number of hydrogen-bond donors (Lipinski definition) is 0. The van der Waals surface area contributed by atoms with Crippen molar-refractivity contribution in [3.63, 3.8) is 0 Å². The first kappa shape index (κ1) is 23.1. The lowest BCUT2D eigenvalue weighted by Crippen LogP contribution is -2.30. The second-order valence-corrected chi connectivity index (χ2v) is 9.43. The monoisotopic (exact) mass is 452 g/mol. The van der Waals surface area contributed by atoms with Gasteiger partial charge in [0.25, 0.3) is 0 Å². The van der Waals surface area contributed by atoms with Crippen LogP contribution in [0.3, 0.4) is 0 Å². The van der Waals surface area contributed by atoms with Crippen LogP contribution in [0.4, 0.5) is 22.0 Å². The second-order valence-electron chi connectivity index (χ2n) is 9.43. The molecule has 0 bridgehead atoms. The molecule has 1 nitrogen and oxygen atoms in total. The fourth-order valence-electron chi connectivity index (χ4n) is 5.89. The zero-order valence-corrected chi connectivity index (χ0v) is 18.2. The zero-order valence-electron chi connectivity index (χ0n) is 18.2. The van der Waals surface area contributed by atoms with E-state index in [9.17, 15) is 22.0 Å². The van der Waals surface area contributed by atoms with Gasteiger partial charge in [-0.2, -0.15) is 0 Å². The number of hydrogen-bond acceptors (Lipinski definition) is 1. The molecule has 0 heterocycles. The van der Waals surface area contributed by atoms with Crippen molar-refractivity contribution in [1.82, 2.24) is 0 Å². The maximum atomic E-state index is 14.9. The zero-order chi connectivity index (χ0) is 22.9. The van der Waals surface area contributed by atoms with Gasteiger partial charge in [-0.05, 0) is 91.2 Å². The van der Waals surface area contributed by atoms with Crippen LogP contribution in [0.2, 0.25) is 0 Å². The maximum Gasteiger partial charge on any atom is 0.573 e. The Hall–Kier alpha value is -2.11. The van der Waals surface area contributed by atoms with Crippen molar-refractivity contribution in [3.05, 3.63) is 53.6 Å². The minimum absolute atomic E-state index is 0.152. The Bertz CT molecular complexity index is 898. The maximum absolute atomic E-state index is 14.9. The third kappa shape index (κ3) is 5.26. The minimum Gasteiger partial charge on any atom is -0.406 e. The normalized spacial score (nSPS) is 25.9. The lowest BCUT2D eigenvalue weighted by Gasteiger charge is -2.42. The number of rotatable bonds is 5. The average molecular weight is 453 g/mol. The summed E-state index contributed by atoms with van der Waals surface area (Å²) in [4.78, 5) is 0. The fourth-order valence-corrected chi connectivity index (χ4v) is 5.89. The molecule has 2 saturated carbocycles. The predicted octanol–water partition coefficient (Wildman–Crippen LogP) is 8.63. The molecule has 0 radical (unpaired) electrons. The molecule has 1 unspecified atom stereocenters. The fraction of sp³-hybridized carbons (Fsp3) is 0.538. The standard InChI is InChI=1S/C26H29F5O/c1-2-3-16-4-5-19-13-20(7-6-18(19)12-16)21-14-23(27)25(24(28)15-21)17-8-10-22(11-9-17)32-26(29,30)31/h8-11,14-16,18-20H,2-7,12-13H2,1H3/t16?,18-,19-,20-/m1/s1. The smallest absolute Gasteiger partial charge is 0.406 e. The molecule has 2 aromatic carbocycles. The summed E-state index contributed by atoms with van der Waals surface area (Å²) in [6.45, 7) is 2.24. The highest BCUT2D eigenvalue weighted by Crippen LogP contribution is 2.48. The summed E-state index contributed by atoms with van der Waals surface area (Å²) in [5, 5.41) is 0. The Morgan fingerprint density at radius 1 is 0.875 bits per heavy atom. The summed E-state index contributed by atoms with van der Waals surface area (Å²) >= 11 is 0. The van der Waals surface area contributed by atoms with Crippen LogP contribution in [-0.2, 0) is 0 Å². The molecule has 2 aliphatic carbocycles. The number of benzene rings is 2. The Morgan fingerprint density at radius 3 is 2.12 bits per heavy atom. The van der Waals surface area contributed by atoms with Crippen molar-refractivity contribution in [3.8, 4) is 16.9 Å². The molecule has 2 aliphatic rings. The van der Waals surface area contributed by atoms with Gasteiger partial charge in [0.15, 0.2) is 0 Å². The SMILES string of the molecule is CCCC1CC[C@@H]2C[C@H](c3cc(F)c(-c4ccc(OC(F)(F)F)cc4)c(F)c3)CC[C@@H]2C1. The topological polar surface area (TPSA) is 9.23 Å². The van der Waals surface area contributed by atoms with Gasteiger partial charge in [-0.1, -0.05) is 38.3 Å². The van der Waals surface area contributed by atoms with Crippen LogP contribution in [0.15, 0.2) is 36.4 Å². The van der Waals surface area contributed by atoms with Gasteiger partial charge in [-0.15, -0.1) is 13.2 Å². The van der Waals surface area contributed by atoms with Crippen LogP contribution >= 0.6 is 0 Å². The highest BCUT2D eigenvalue weighted by molar-refractivity contribution is 5.66. The van der Waals surface area contributed by atoms with E-state index in [1.54, 1.807) is 0 Å². The molecule has 0 spiro atoms. The van der Waals surface area contributed by atoms with Gasteiger partial charge in [-0.25, -0.2) is 8.78 Å². The first-order chi connectivity index (χ1) is 15.2. The largest absolute Gasteiger partial charge is 0.573 e. The molecule has 0 aromatic heterocycles. The van der Waals surface area contributed by atoms with Crippen LogP contribution in [0.5, 0.6) is 5.75 Å². The summed E-state index contributed by atoms with van der Waals surface area (Å²) in [6.07, 6.45) is 4.52. The molecule has 174 valence electrons. The Morgan fingerprint density at radius 2 is 1.50 bits per heavy atom. The van der Waals surface area contributed by atoms with Crippen LogP contribution in [0.25, 0.3) is 11.1 Å². The van der Waals surface area contributed by atoms with E-state index >= 15 is 0 Å². The molecule has 0 N–H and O–H groups in total. The molecule has 0 aliphatic heterocycles. The van der Waals surface area contributed by atoms with Gasteiger partial charge >= 0.3 is 6.36 Å². The van der Waals surface area contributed by atoms with Gasteiger partial charge in [0.2, 0.25) is 0 Å². The summed E-state index contributed by atoms with van der Waals surface area (Å²) < 4.78 is 70.7. The third-order valence-corrected chi connectivity index (χ3v) is 7.33. The Labute approximate surface area is 186 Å². The van der Waals surface area contributed by atoms with Gasteiger partial charge in [-0.3, -0.25) is 0 Å². The lowest BCUT2D eigenvalue weighted by molar-refractivity contribution is -0.274. The summed E-state index contributed by atoms with van der Waals surface area (Å²) in [5.41, 5.74) is 0.648. The molecule has 2 aromatic rings. The van der Waals surface area contributed by atoms with Crippen molar-refractivity contribution in [2.24, 2.45) is 17.8 Å².